The van der Waals surface area contributed by atoms with Gasteiger partial charge in [-0.25, -0.2) is 13.1 Å². The summed E-state index contributed by atoms with van der Waals surface area (Å²) in [4.78, 5) is 3.09. The Hall–Kier alpha value is -0.470. The summed E-state index contributed by atoms with van der Waals surface area (Å²) in [5.74, 6) is 0. The van der Waals surface area contributed by atoms with Crippen LogP contribution in [0.1, 0.15) is 36.6 Å². The number of rotatable bonds is 6. The van der Waals surface area contributed by atoms with Crippen molar-refractivity contribution in [2.75, 3.05) is 19.6 Å². The van der Waals surface area contributed by atoms with Crippen molar-refractivity contribution in [3.8, 4) is 0 Å². The Morgan fingerprint density at radius 3 is 2.62 bits per heavy atom. The van der Waals surface area contributed by atoms with E-state index in [2.05, 4.69) is 16.5 Å². The van der Waals surface area contributed by atoms with Crippen LogP contribution in [0.5, 0.6) is 0 Å². The molecule has 2 rings (SSSR count). The standard InChI is InChI=1S/C14H24N2O3S2/c1-3-6-16-7-4-12(5-8-16)15-21(18,19)14-9-11(2)13(10-17)20-14/h9,12,15,17H,3-8,10H2,1-2H3. The van der Waals surface area contributed by atoms with Gasteiger partial charge in [0.05, 0.1) is 6.61 Å². The first-order valence-corrected chi connectivity index (χ1v) is 9.71. The van der Waals surface area contributed by atoms with Gasteiger partial charge in [-0.1, -0.05) is 6.92 Å². The number of hydrogen-bond donors (Lipinski definition) is 2. The van der Waals surface area contributed by atoms with Crippen LogP contribution >= 0.6 is 11.3 Å². The van der Waals surface area contributed by atoms with Gasteiger partial charge < -0.3 is 10.0 Å². The number of sulfonamides is 1. The zero-order valence-corrected chi connectivity index (χ0v) is 14.3. The summed E-state index contributed by atoms with van der Waals surface area (Å²) in [6, 6.07) is 1.66. The van der Waals surface area contributed by atoms with Crippen molar-refractivity contribution in [3.05, 3.63) is 16.5 Å². The van der Waals surface area contributed by atoms with Gasteiger partial charge in [0.1, 0.15) is 4.21 Å². The van der Waals surface area contributed by atoms with Crippen LogP contribution < -0.4 is 4.72 Å². The molecule has 120 valence electrons. The van der Waals surface area contributed by atoms with Crippen LogP contribution in [0.15, 0.2) is 10.3 Å². The Kier molecular flexibility index (Phi) is 5.79. The van der Waals surface area contributed by atoms with Crippen molar-refractivity contribution in [1.29, 1.82) is 0 Å². The fourth-order valence-electron chi connectivity index (χ4n) is 2.65. The van der Waals surface area contributed by atoms with E-state index >= 15 is 0 Å². The van der Waals surface area contributed by atoms with Gasteiger partial charge in [0.2, 0.25) is 10.0 Å². The van der Waals surface area contributed by atoms with E-state index in [0.717, 1.165) is 55.8 Å². The molecule has 2 heterocycles. The summed E-state index contributed by atoms with van der Waals surface area (Å²) in [5.41, 5.74) is 0.834. The molecular weight excluding hydrogens is 308 g/mol. The van der Waals surface area contributed by atoms with Gasteiger partial charge in [0.15, 0.2) is 0 Å². The van der Waals surface area contributed by atoms with Gasteiger partial charge in [-0.2, -0.15) is 0 Å². The fraction of sp³-hybridized carbons (Fsp3) is 0.714. The quantitative estimate of drug-likeness (QED) is 0.832. The number of aliphatic hydroxyl groups is 1. The third kappa shape index (κ3) is 4.26. The molecule has 0 atom stereocenters. The van der Waals surface area contributed by atoms with Crippen LogP contribution in [0.2, 0.25) is 0 Å². The molecule has 1 saturated heterocycles. The molecule has 1 aromatic heterocycles. The summed E-state index contributed by atoms with van der Waals surface area (Å²) >= 11 is 1.15. The van der Waals surface area contributed by atoms with Crippen LogP contribution in [0, 0.1) is 6.92 Å². The highest BCUT2D eigenvalue weighted by Gasteiger charge is 2.25. The molecule has 21 heavy (non-hydrogen) atoms. The maximum absolute atomic E-state index is 12.4. The predicted octanol–water partition coefficient (Wildman–Crippen LogP) is 1.70. The Labute approximate surface area is 131 Å². The summed E-state index contributed by atoms with van der Waals surface area (Å²) in [6.45, 7) is 6.86. The fourth-order valence-corrected chi connectivity index (χ4v) is 5.42. The zero-order chi connectivity index (χ0) is 15.5. The number of likely N-dealkylation sites (tertiary alicyclic amines) is 1. The minimum absolute atomic E-state index is 0.0167. The number of aliphatic hydroxyl groups excluding tert-OH is 1. The molecule has 0 aromatic carbocycles. The van der Waals surface area contributed by atoms with E-state index in [1.165, 1.54) is 0 Å². The molecule has 0 saturated carbocycles. The van der Waals surface area contributed by atoms with E-state index in [1.807, 2.05) is 6.92 Å². The third-order valence-electron chi connectivity index (χ3n) is 3.86. The number of nitrogens with one attached hydrogen (secondary N) is 1. The van der Waals surface area contributed by atoms with Crippen molar-refractivity contribution < 1.29 is 13.5 Å². The molecule has 1 aromatic rings. The van der Waals surface area contributed by atoms with Crippen molar-refractivity contribution in [3.63, 3.8) is 0 Å². The number of nitrogens with zero attached hydrogens (tertiary/aromatic N) is 1. The molecular formula is C14H24N2O3S2. The van der Waals surface area contributed by atoms with Crippen LogP contribution in [0.4, 0.5) is 0 Å². The number of aryl methyl sites for hydroxylation is 1. The molecule has 0 amide bonds. The normalized spacial score (nSPS) is 18.2. The Bertz CT molecular complexity index is 561. The summed E-state index contributed by atoms with van der Waals surface area (Å²) in [7, 11) is -3.46. The topological polar surface area (TPSA) is 69.6 Å². The van der Waals surface area contributed by atoms with Crippen LogP contribution in [-0.2, 0) is 16.6 Å². The minimum Gasteiger partial charge on any atom is -0.391 e. The molecule has 0 bridgehead atoms. The van der Waals surface area contributed by atoms with Crippen LogP contribution in [0.3, 0.4) is 0 Å². The van der Waals surface area contributed by atoms with E-state index in [1.54, 1.807) is 6.07 Å². The second kappa shape index (κ2) is 7.19. The summed E-state index contributed by atoms with van der Waals surface area (Å²) in [5, 5.41) is 9.19. The first-order valence-electron chi connectivity index (χ1n) is 7.41. The third-order valence-corrected chi connectivity index (χ3v) is 7.07. The maximum Gasteiger partial charge on any atom is 0.250 e. The molecule has 2 N–H and O–H groups in total. The van der Waals surface area contributed by atoms with Gasteiger partial charge in [-0.3, -0.25) is 0 Å². The van der Waals surface area contributed by atoms with Crippen molar-refractivity contribution in [2.45, 2.75) is 50.0 Å². The van der Waals surface area contributed by atoms with Gasteiger partial charge in [-0.05, 0) is 57.5 Å². The van der Waals surface area contributed by atoms with Crippen LogP contribution in [0.25, 0.3) is 0 Å². The molecule has 0 aliphatic carbocycles. The van der Waals surface area contributed by atoms with E-state index in [4.69, 9.17) is 0 Å². The van der Waals surface area contributed by atoms with Crippen LogP contribution in [-0.4, -0.2) is 44.1 Å². The molecule has 0 radical (unpaired) electrons. The zero-order valence-electron chi connectivity index (χ0n) is 12.6. The van der Waals surface area contributed by atoms with Crippen molar-refractivity contribution >= 4 is 21.4 Å². The highest BCUT2D eigenvalue weighted by Crippen LogP contribution is 2.26. The number of piperidine rings is 1. The summed E-state index contributed by atoms with van der Waals surface area (Å²) in [6.07, 6.45) is 2.85. The molecule has 1 aliphatic rings. The number of hydrogen-bond acceptors (Lipinski definition) is 5. The molecule has 7 heteroatoms. The highest BCUT2D eigenvalue weighted by atomic mass is 32.2. The molecule has 0 spiro atoms. The van der Waals surface area contributed by atoms with E-state index in [0.29, 0.717) is 9.09 Å². The molecule has 1 aliphatic heterocycles. The molecule has 1 fully saturated rings. The first kappa shape index (κ1) is 16.9. The monoisotopic (exact) mass is 332 g/mol. The predicted molar refractivity (Wildman–Crippen MR) is 85.1 cm³/mol. The Balaban J connectivity index is 1.98. The number of thiophene rings is 1. The van der Waals surface area contributed by atoms with Gasteiger partial charge in [0, 0.05) is 10.9 Å². The lowest BCUT2D eigenvalue weighted by molar-refractivity contribution is 0.208. The van der Waals surface area contributed by atoms with Gasteiger partial charge >= 0.3 is 0 Å². The average Bonchev–Trinajstić information content (AvgIpc) is 2.83. The second-order valence-corrected chi connectivity index (χ2v) is 8.64. The van der Waals surface area contributed by atoms with E-state index in [-0.39, 0.29) is 12.6 Å². The summed E-state index contributed by atoms with van der Waals surface area (Å²) < 4.78 is 27.9. The first-order chi connectivity index (χ1) is 9.96. The Morgan fingerprint density at radius 2 is 2.10 bits per heavy atom. The van der Waals surface area contributed by atoms with E-state index < -0.39 is 10.0 Å². The lowest BCUT2D eigenvalue weighted by Crippen LogP contribution is -2.44. The van der Waals surface area contributed by atoms with Crippen molar-refractivity contribution in [1.82, 2.24) is 9.62 Å². The average molecular weight is 332 g/mol. The lowest BCUT2D eigenvalue weighted by Gasteiger charge is -2.31. The Morgan fingerprint density at radius 1 is 1.43 bits per heavy atom. The second-order valence-electron chi connectivity index (χ2n) is 5.57. The minimum atomic E-state index is -3.46. The van der Waals surface area contributed by atoms with Gasteiger partial charge in [-0.15, -0.1) is 11.3 Å². The molecule has 5 nitrogen and oxygen atoms in total. The SMILES string of the molecule is CCCN1CCC(NS(=O)(=O)c2cc(C)c(CO)s2)CC1. The molecule has 0 unspecified atom stereocenters. The highest BCUT2D eigenvalue weighted by molar-refractivity contribution is 7.91. The maximum atomic E-state index is 12.4. The van der Waals surface area contributed by atoms with Gasteiger partial charge in [0.25, 0.3) is 0 Å². The largest absolute Gasteiger partial charge is 0.391 e. The van der Waals surface area contributed by atoms with E-state index in [9.17, 15) is 13.5 Å². The smallest absolute Gasteiger partial charge is 0.250 e. The lowest BCUT2D eigenvalue weighted by atomic mass is 10.1. The van der Waals surface area contributed by atoms with Crippen molar-refractivity contribution in [2.24, 2.45) is 0 Å².